The molecule has 35 heavy (non-hydrogen) atoms. The number of rotatable bonds is 6. The van der Waals surface area contributed by atoms with Crippen molar-refractivity contribution in [1.82, 2.24) is 4.98 Å². The van der Waals surface area contributed by atoms with Crippen LogP contribution in [0.25, 0.3) is 22.0 Å². The minimum atomic E-state index is -0.590. The molecule has 0 radical (unpaired) electrons. The van der Waals surface area contributed by atoms with Gasteiger partial charge in [0.15, 0.2) is 0 Å². The van der Waals surface area contributed by atoms with E-state index < -0.39 is 17.1 Å². The van der Waals surface area contributed by atoms with E-state index in [2.05, 4.69) is 25.1 Å². The van der Waals surface area contributed by atoms with Crippen molar-refractivity contribution in [2.24, 2.45) is 5.41 Å². The maximum absolute atomic E-state index is 12.7. The molecule has 1 fully saturated rings. The number of benzene rings is 2. The van der Waals surface area contributed by atoms with Gasteiger partial charge < -0.3 is 9.47 Å². The number of carbonyl (C=O) groups excluding carboxylic acids is 1. The molecule has 1 saturated carbocycles. The normalized spacial score (nSPS) is 15.3. The number of aryl methyl sites for hydroxylation is 1. The summed E-state index contributed by atoms with van der Waals surface area (Å²) in [6.45, 7) is 13.9. The van der Waals surface area contributed by atoms with Crippen molar-refractivity contribution < 1.29 is 14.3 Å². The summed E-state index contributed by atoms with van der Waals surface area (Å²) in [6, 6.07) is 14.3. The first-order chi connectivity index (χ1) is 16.3. The van der Waals surface area contributed by atoms with Crippen LogP contribution in [-0.4, -0.2) is 23.2 Å². The Balaban J connectivity index is 1.90. The van der Waals surface area contributed by atoms with Crippen LogP contribution < -0.4 is 0 Å². The number of hydrogen-bond donors (Lipinski definition) is 0. The highest BCUT2D eigenvalue weighted by atomic mass is 35.5. The first kappa shape index (κ1) is 25.7. The second-order valence-electron chi connectivity index (χ2n) is 11.6. The molecule has 3 aromatic rings. The third kappa shape index (κ3) is 6.05. The zero-order chi connectivity index (χ0) is 25.5. The Kier molecular flexibility index (Phi) is 7.00. The summed E-state index contributed by atoms with van der Waals surface area (Å²) in [5.41, 5.74) is 5.26. The van der Waals surface area contributed by atoms with Crippen molar-refractivity contribution in [1.29, 1.82) is 0 Å². The molecular formula is C30H36ClNO3. The maximum Gasteiger partial charge on any atom is 0.311 e. The summed E-state index contributed by atoms with van der Waals surface area (Å²) in [5, 5.41) is 1.74. The first-order valence-electron chi connectivity index (χ1n) is 12.4. The number of hydrogen-bond acceptors (Lipinski definition) is 4. The number of nitrogens with zero attached hydrogens (tertiary/aromatic N) is 1. The fraction of sp³-hybridized carbons (Fsp3) is 0.467. The summed E-state index contributed by atoms with van der Waals surface area (Å²) in [4.78, 5) is 17.7. The minimum Gasteiger partial charge on any atom is -0.462 e. The number of pyridine rings is 1. The predicted octanol–water partition coefficient (Wildman–Crippen LogP) is 8.19. The lowest BCUT2D eigenvalue weighted by Gasteiger charge is -2.31. The molecule has 186 valence electrons. The molecule has 1 atom stereocenters. The van der Waals surface area contributed by atoms with E-state index in [0.29, 0.717) is 10.9 Å². The summed E-state index contributed by atoms with van der Waals surface area (Å²) < 4.78 is 12.4. The number of ether oxygens (including phenoxy) is 2. The van der Waals surface area contributed by atoms with Crippen LogP contribution in [0.3, 0.4) is 0 Å². The summed E-state index contributed by atoms with van der Waals surface area (Å²) in [5.74, 6) is 0.328. The quantitative estimate of drug-likeness (QED) is 0.325. The van der Waals surface area contributed by atoms with E-state index in [-0.39, 0.29) is 12.6 Å². The smallest absolute Gasteiger partial charge is 0.311 e. The maximum atomic E-state index is 12.7. The van der Waals surface area contributed by atoms with Gasteiger partial charge in [0.25, 0.3) is 0 Å². The van der Waals surface area contributed by atoms with Gasteiger partial charge in [-0.05, 0) is 108 Å². The van der Waals surface area contributed by atoms with E-state index >= 15 is 0 Å². The lowest BCUT2D eigenvalue weighted by Crippen LogP contribution is -2.30. The van der Waals surface area contributed by atoms with E-state index in [1.165, 1.54) is 12.8 Å². The molecule has 1 aromatic heterocycles. The molecule has 1 heterocycles. The van der Waals surface area contributed by atoms with E-state index in [0.717, 1.165) is 38.9 Å². The third-order valence-electron chi connectivity index (χ3n) is 6.19. The standard InChI is InChI=1S/C30H36ClNO3/c1-18-16-24-22(14-15-23(32-24)19-8-9-19)27(20-10-12-21(31)13-11-20)26(18)25(35-30(5,6)7)17-34-28(33)29(2,3)4/h10-16,19,25H,8-9,17H2,1-7H3. The second kappa shape index (κ2) is 9.55. The van der Waals surface area contributed by atoms with Crippen LogP contribution in [-0.2, 0) is 14.3 Å². The summed E-state index contributed by atoms with van der Waals surface area (Å²) in [7, 11) is 0. The Labute approximate surface area is 214 Å². The Morgan fingerprint density at radius 3 is 2.29 bits per heavy atom. The van der Waals surface area contributed by atoms with Crippen LogP contribution in [0.5, 0.6) is 0 Å². The van der Waals surface area contributed by atoms with Crippen LogP contribution >= 0.6 is 11.6 Å². The highest BCUT2D eigenvalue weighted by molar-refractivity contribution is 6.30. The van der Waals surface area contributed by atoms with Crippen molar-refractivity contribution in [3.63, 3.8) is 0 Å². The van der Waals surface area contributed by atoms with Crippen molar-refractivity contribution in [2.75, 3.05) is 6.61 Å². The van der Waals surface area contributed by atoms with Gasteiger partial charge in [-0.2, -0.15) is 0 Å². The molecule has 0 bridgehead atoms. The molecular weight excluding hydrogens is 458 g/mol. The molecule has 5 heteroatoms. The Hall–Kier alpha value is -2.43. The lowest BCUT2D eigenvalue weighted by atomic mass is 9.88. The van der Waals surface area contributed by atoms with Gasteiger partial charge in [0.1, 0.15) is 12.7 Å². The largest absolute Gasteiger partial charge is 0.462 e. The molecule has 1 aliphatic carbocycles. The van der Waals surface area contributed by atoms with Crippen LogP contribution in [0.15, 0.2) is 42.5 Å². The highest BCUT2D eigenvalue weighted by Crippen LogP contribution is 2.43. The number of halogens is 1. The van der Waals surface area contributed by atoms with Crippen molar-refractivity contribution in [3.05, 3.63) is 64.3 Å². The van der Waals surface area contributed by atoms with Crippen LogP contribution in [0, 0.1) is 12.3 Å². The molecule has 0 saturated heterocycles. The van der Waals surface area contributed by atoms with Gasteiger partial charge in [-0.3, -0.25) is 9.78 Å². The zero-order valence-corrected chi connectivity index (χ0v) is 22.6. The van der Waals surface area contributed by atoms with Crippen molar-refractivity contribution in [3.8, 4) is 11.1 Å². The number of aromatic nitrogens is 1. The Morgan fingerprint density at radius 1 is 1.06 bits per heavy atom. The van der Waals surface area contributed by atoms with E-state index in [4.69, 9.17) is 26.1 Å². The summed E-state index contributed by atoms with van der Waals surface area (Å²) in [6.07, 6.45) is 1.97. The number of carbonyl (C=O) groups is 1. The van der Waals surface area contributed by atoms with Crippen molar-refractivity contribution in [2.45, 2.75) is 78.9 Å². The fourth-order valence-electron chi connectivity index (χ4n) is 4.36. The zero-order valence-electron chi connectivity index (χ0n) is 21.9. The topological polar surface area (TPSA) is 48.4 Å². The third-order valence-corrected chi connectivity index (χ3v) is 6.44. The fourth-order valence-corrected chi connectivity index (χ4v) is 4.48. The van der Waals surface area contributed by atoms with E-state index in [1.807, 2.05) is 65.8 Å². The van der Waals surface area contributed by atoms with E-state index in [9.17, 15) is 4.79 Å². The SMILES string of the molecule is Cc1cc2nc(C3CC3)ccc2c(-c2ccc(Cl)cc2)c1C(COC(=O)C(C)(C)C)OC(C)(C)C. The molecule has 4 nitrogen and oxygen atoms in total. The monoisotopic (exact) mass is 493 g/mol. The summed E-state index contributed by atoms with van der Waals surface area (Å²) >= 11 is 6.23. The Bertz CT molecular complexity index is 1230. The van der Waals surface area contributed by atoms with Gasteiger partial charge in [-0.15, -0.1) is 0 Å². The average Bonchev–Trinajstić information content (AvgIpc) is 3.60. The molecule has 1 unspecified atom stereocenters. The number of fused-ring (bicyclic) bond motifs is 1. The Morgan fingerprint density at radius 2 is 1.71 bits per heavy atom. The van der Waals surface area contributed by atoms with Gasteiger partial charge in [0.2, 0.25) is 0 Å². The van der Waals surface area contributed by atoms with Gasteiger partial charge in [-0.25, -0.2) is 0 Å². The number of esters is 1. The lowest BCUT2D eigenvalue weighted by molar-refractivity contribution is -0.162. The average molecular weight is 494 g/mol. The second-order valence-corrected chi connectivity index (χ2v) is 12.1. The van der Waals surface area contributed by atoms with Gasteiger partial charge >= 0.3 is 5.97 Å². The molecule has 0 aliphatic heterocycles. The molecule has 4 rings (SSSR count). The molecule has 2 aromatic carbocycles. The van der Waals surface area contributed by atoms with Gasteiger partial charge in [0, 0.05) is 22.0 Å². The highest BCUT2D eigenvalue weighted by Gasteiger charge is 2.31. The molecule has 1 aliphatic rings. The van der Waals surface area contributed by atoms with Gasteiger partial charge in [0.05, 0.1) is 16.5 Å². The molecule has 0 spiro atoms. The van der Waals surface area contributed by atoms with Crippen LogP contribution in [0.2, 0.25) is 5.02 Å². The molecule has 0 amide bonds. The first-order valence-corrected chi connectivity index (χ1v) is 12.8. The van der Waals surface area contributed by atoms with Crippen LogP contribution in [0.4, 0.5) is 0 Å². The molecule has 0 N–H and O–H groups in total. The minimum absolute atomic E-state index is 0.133. The van der Waals surface area contributed by atoms with Crippen molar-refractivity contribution >= 4 is 28.5 Å². The predicted molar refractivity (Wildman–Crippen MR) is 143 cm³/mol. The van der Waals surface area contributed by atoms with E-state index in [1.54, 1.807) is 0 Å². The van der Waals surface area contributed by atoms with Crippen LogP contribution in [0.1, 0.15) is 83.2 Å². The van der Waals surface area contributed by atoms with Gasteiger partial charge in [-0.1, -0.05) is 29.8 Å².